The number of thiophene rings is 1. The second kappa shape index (κ2) is 7.54. The van der Waals surface area contributed by atoms with Gasteiger partial charge in [-0.2, -0.15) is 0 Å². The minimum atomic E-state index is 0.404. The predicted molar refractivity (Wildman–Crippen MR) is 95.3 cm³/mol. The number of thiocarbonyl (C=S) groups is 1. The Morgan fingerprint density at radius 2 is 2.00 bits per heavy atom. The monoisotopic (exact) mass is 320 g/mol. The summed E-state index contributed by atoms with van der Waals surface area (Å²) in [5.74, 6) is 0. The third-order valence-corrected chi connectivity index (χ3v) is 4.68. The van der Waals surface area contributed by atoms with Gasteiger partial charge < -0.3 is 15.5 Å². The van der Waals surface area contributed by atoms with Crippen LogP contribution in [-0.4, -0.2) is 25.8 Å². The van der Waals surface area contributed by atoms with Crippen molar-refractivity contribution in [1.82, 2.24) is 5.32 Å². The molecular weight excluding hydrogens is 298 g/mol. The van der Waals surface area contributed by atoms with Crippen molar-refractivity contribution < 1.29 is 4.90 Å². The largest absolute Gasteiger partial charge is 0.356 e. The number of benzene rings is 1. The molecule has 112 valence electrons. The molecule has 1 heterocycles. The highest BCUT2D eigenvalue weighted by molar-refractivity contribution is 7.80. The van der Waals surface area contributed by atoms with E-state index in [1.54, 1.807) is 11.3 Å². The summed E-state index contributed by atoms with van der Waals surface area (Å²) in [6.45, 7) is 2.89. The Morgan fingerprint density at radius 3 is 2.62 bits per heavy atom. The summed E-state index contributed by atoms with van der Waals surface area (Å²) in [7, 11) is 4.34. The van der Waals surface area contributed by atoms with Gasteiger partial charge in [-0.25, -0.2) is 0 Å². The summed E-state index contributed by atoms with van der Waals surface area (Å²) in [4.78, 5) is 2.77. The van der Waals surface area contributed by atoms with Crippen LogP contribution in [0.3, 0.4) is 0 Å². The van der Waals surface area contributed by atoms with Gasteiger partial charge in [-0.3, -0.25) is 0 Å². The van der Waals surface area contributed by atoms with Gasteiger partial charge in [-0.1, -0.05) is 24.3 Å². The van der Waals surface area contributed by atoms with Gasteiger partial charge in [-0.05, 0) is 42.2 Å². The summed E-state index contributed by atoms with van der Waals surface area (Å²) >= 11 is 7.19. The van der Waals surface area contributed by atoms with E-state index in [4.69, 9.17) is 12.2 Å². The predicted octanol–water partition coefficient (Wildman–Crippen LogP) is 2.23. The lowest BCUT2D eigenvalue weighted by Crippen LogP contribution is -3.06. The van der Waals surface area contributed by atoms with Crippen LogP contribution in [0.25, 0.3) is 0 Å². The summed E-state index contributed by atoms with van der Waals surface area (Å²) in [5.41, 5.74) is 2.24. The Hall–Kier alpha value is -1.43. The zero-order valence-electron chi connectivity index (χ0n) is 12.6. The molecule has 0 spiro atoms. The molecule has 0 unspecified atom stereocenters. The molecule has 1 aromatic carbocycles. The highest BCUT2D eigenvalue weighted by atomic mass is 32.1. The van der Waals surface area contributed by atoms with Crippen LogP contribution in [-0.2, 0) is 0 Å². The van der Waals surface area contributed by atoms with Gasteiger partial charge in [0.15, 0.2) is 5.11 Å². The van der Waals surface area contributed by atoms with E-state index in [1.807, 2.05) is 18.2 Å². The molecule has 3 nitrogen and oxygen atoms in total. The van der Waals surface area contributed by atoms with Crippen molar-refractivity contribution in [3.63, 3.8) is 0 Å². The maximum absolute atomic E-state index is 5.40. The number of rotatable bonds is 5. The standard InChI is InChI=1S/C16H21N3S2/c1-12-7-4-5-8-13(12)18-16(20)17-11-14(19(2)3)15-9-6-10-21-15/h4-10,14H,11H2,1-3H3,(H2,17,18,20)/p+1/t14-/m1/s1. The number of nitrogens with one attached hydrogen (secondary N) is 3. The quantitative estimate of drug-likeness (QED) is 0.738. The fourth-order valence-electron chi connectivity index (χ4n) is 2.15. The van der Waals surface area contributed by atoms with Crippen molar-refractivity contribution in [2.45, 2.75) is 13.0 Å². The fourth-order valence-corrected chi connectivity index (χ4v) is 3.30. The van der Waals surface area contributed by atoms with Crippen molar-refractivity contribution in [1.29, 1.82) is 0 Å². The Balaban J connectivity index is 1.92. The minimum absolute atomic E-state index is 0.404. The zero-order chi connectivity index (χ0) is 15.2. The molecule has 5 heteroatoms. The summed E-state index contributed by atoms with van der Waals surface area (Å²) in [5, 5.41) is 9.39. The molecule has 3 N–H and O–H groups in total. The maximum atomic E-state index is 5.40. The van der Waals surface area contributed by atoms with Crippen LogP contribution >= 0.6 is 23.6 Å². The molecule has 0 saturated carbocycles. The zero-order valence-corrected chi connectivity index (χ0v) is 14.3. The molecular formula is C16H22N3S2+. The number of hydrogen-bond donors (Lipinski definition) is 3. The molecule has 0 aliphatic rings. The van der Waals surface area contributed by atoms with Crippen molar-refractivity contribution in [3.05, 3.63) is 52.2 Å². The highest BCUT2D eigenvalue weighted by Gasteiger charge is 2.18. The van der Waals surface area contributed by atoms with Crippen LogP contribution in [0.4, 0.5) is 5.69 Å². The molecule has 2 rings (SSSR count). The molecule has 21 heavy (non-hydrogen) atoms. The van der Waals surface area contributed by atoms with Crippen LogP contribution < -0.4 is 15.5 Å². The summed E-state index contributed by atoms with van der Waals surface area (Å²) in [6, 6.07) is 12.8. The normalized spacial score (nSPS) is 12.2. The van der Waals surface area contributed by atoms with Crippen LogP contribution in [0.15, 0.2) is 41.8 Å². The van der Waals surface area contributed by atoms with Crippen molar-refractivity contribution in [3.8, 4) is 0 Å². The molecule has 0 aliphatic heterocycles. The van der Waals surface area contributed by atoms with Gasteiger partial charge in [0, 0.05) is 5.69 Å². The molecule has 0 bridgehead atoms. The van der Waals surface area contributed by atoms with E-state index in [1.165, 1.54) is 15.3 Å². The average molecular weight is 321 g/mol. The lowest BCUT2D eigenvalue weighted by atomic mass is 10.2. The van der Waals surface area contributed by atoms with E-state index in [0.29, 0.717) is 11.2 Å². The van der Waals surface area contributed by atoms with E-state index in [0.717, 1.165) is 12.2 Å². The van der Waals surface area contributed by atoms with E-state index >= 15 is 0 Å². The molecule has 2 aromatic rings. The van der Waals surface area contributed by atoms with Gasteiger partial charge in [0.05, 0.1) is 25.5 Å². The Kier molecular flexibility index (Phi) is 5.73. The van der Waals surface area contributed by atoms with Crippen LogP contribution in [0.5, 0.6) is 0 Å². The molecule has 1 aromatic heterocycles. The lowest BCUT2D eigenvalue weighted by molar-refractivity contribution is -0.890. The number of aryl methyl sites for hydroxylation is 1. The van der Waals surface area contributed by atoms with Crippen molar-refractivity contribution in [2.24, 2.45) is 0 Å². The van der Waals surface area contributed by atoms with Crippen molar-refractivity contribution >= 4 is 34.4 Å². The van der Waals surface area contributed by atoms with Gasteiger partial charge in [0.1, 0.15) is 6.04 Å². The second-order valence-corrected chi connectivity index (χ2v) is 6.68. The fraction of sp³-hybridized carbons (Fsp3) is 0.312. The van der Waals surface area contributed by atoms with Crippen molar-refractivity contribution in [2.75, 3.05) is 26.0 Å². The SMILES string of the molecule is Cc1ccccc1NC(=S)NC[C@H](c1cccs1)[NH+](C)C. The second-order valence-electron chi connectivity index (χ2n) is 5.30. The van der Waals surface area contributed by atoms with Gasteiger partial charge in [-0.15, -0.1) is 11.3 Å². The first-order chi connectivity index (χ1) is 10.1. The average Bonchev–Trinajstić information content (AvgIpc) is 2.95. The molecule has 0 amide bonds. The van der Waals surface area contributed by atoms with Gasteiger partial charge in [0.25, 0.3) is 0 Å². The third kappa shape index (κ3) is 4.52. The van der Waals surface area contributed by atoms with E-state index in [-0.39, 0.29) is 0 Å². The van der Waals surface area contributed by atoms with E-state index in [9.17, 15) is 0 Å². The molecule has 1 atom stereocenters. The lowest BCUT2D eigenvalue weighted by Gasteiger charge is -2.22. The molecule has 0 aliphatic carbocycles. The van der Waals surface area contributed by atoms with Crippen LogP contribution in [0.2, 0.25) is 0 Å². The number of likely N-dealkylation sites (N-methyl/N-ethyl adjacent to an activating group) is 1. The molecule has 0 radical (unpaired) electrons. The van der Waals surface area contributed by atoms with Crippen LogP contribution in [0.1, 0.15) is 16.5 Å². The summed E-state index contributed by atoms with van der Waals surface area (Å²) in [6.07, 6.45) is 0. The van der Waals surface area contributed by atoms with Gasteiger partial charge in [0.2, 0.25) is 0 Å². The Labute approximate surface area is 136 Å². The number of quaternary nitrogens is 1. The maximum Gasteiger partial charge on any atom is 0.171 e. The van der Waals surface area contributed by atoms with Crippen LogP contribution in [0, 0.1) is 6.92 Å². The number of para-hydroxylation sites is 1. The smallest absolute Gasteiger partial charge is 0.171 e. The molecule has 0 saturated heterocycles. The van der Waals surface area contributed by atoms with Gasteiger partial charge >= 0.3 is 0 Å². The minimum Gasteiger partial charge on any atom is -0.356 e. The number of hydrogen-bond acceptors (Lipinski definition) is 2. The number of anilines is 1. The first-order valence-electron chi connectivity index (χ1n) is 7.02. The Morgan fingerprint density at radius 1 is 1.24 bits per heavy atom. The topological polar surface area (TPSA) is 28.5 Å². The third-order valence-electron chi connectivity index (χ3n) is 3.44. The Bertz CT molecular complexity index is 579. The van der Waals surface area contributed by atoms with E-state index in [2.05, 4.69) is 55.2 Å². The first-order valence-corrected chi connectivity index (χ1v) is 8.30. The van der Waals surface area contributed by atoms with E-state index < -0.39 is 0 Å². The first kappa shape index (κ1) is 15.9. The molecule has 0 fully saturated rings. The summed E-state index contributed by atoms with van der Waals surface area (Å²) < 4.78 is 0. The highest BCUT2D eigenvalue weighted by Crippen LogP contribution is 2.16.